The quantitative estimate of drug-likeness (QED) is 0.247. The second kappa shape index (κ2) is 10.7. The van der Waals surface area contributed by atoms with E-state index in [0.29, 0.717) is 55.3 Å². The van der Waals surface area contributed by atoms with E-state index in [9.17, 15) is 19.2 Å². The van der Waals surface area contributed by atoms with E-state index >= 15 is 0 Å². The lowest BCUT2D eigenvalue weighted by atomic mass is 9.92. The van der Waals surface area contributed by atoms with Crippen molar-refractivity contribution in [3.8, 4) is 11.5 Å². The first-order chi connectivity index (χ1) is 18.7. The van der Waals surface area contributed by atoms with Crippen molar-refractivity contribution in [2.24, 2.45) is 0 Å². The Balaban J connectivity index is 0.00000194. The highest BCUT2D eigenvalue weighted by atomic mass is 16.5. The highest BCUT2D eigenvalue weighted by molar-refractivity contribution is 6.28. The molecule has 2 heterocycles. The number of nitrogens with zero attached hydrogens (tertiary/aromatic N) is 2. The Labute approximate surface area is 239 Å². The van der Waals surface area contributed by atoms with Crippen molar-refractivity contribution in [2.45, 2.75) is 54.8 Å². The Morgan fingerprint density at radius 3 is 1.22 bits per heavy atom. The Bertz CT molecular complexity index is 1570. The third-order valence-corrected chi connectivity index (χ3v) is 6.91. The van der Waals surface area contributed by atoms with E-state index in [1.54, 1.807) is 48.5 Å². The Morgan fingerprint density at radius 1 is 0.537 bits per heavy atom. The fourth-order valence-corrected chi connectivity index (χ4v) is 5.35. The first-order valence-electron chi connectivity index (χ1n) is 12.8. The van der Waals surface area contributed by atoms with Crippen molar-refractivity contribution in [1.29, 1.82) is 0 Å². The van der Waals surface area contributed by atoms with Crippen LogP contribution in [0, 0.1) is 0 Å². The smallest absolute Gasteiger partial charge is 0.262 e. The summed E-state index contributed by atoms with van der Waals surface area (Å²) in [4.78, 5) is 56.4. The second-order valence-electron chi connectivity index (χ2n) is 10.2. The maximum atomic E-state index is 13.6. The van der Waals surface area contributed by atoms with Gasteiger partial charge in [-0.3, -0.25) is 29.0 Å². The first kappa shape index (κ1) is 29.3. The van der Waals surface area contributed by atoms with E-state index in [2.05, 4.69) is 0 Å². The van der Waals surface area contributed by atoms with Gasteiger partial charge in [0.2, 0.25) is 0 Å². The number of amides is 4. The molecule has 0 unspecified atom stereocenters. The lowest BCUT2D eigenvalue weighted by Gasteiger charge is -2.34. The van der Waals surface area contributed by atoms with Gasteiger partial charge >= 0.3 is 0 Å². The van der Waals surface area contributed by atoms with Gasteiger partial charge in [0.25, 0.3) is 23.6 Å². The zero-order chi connectivity index (χ0) is 27.6. The van der Waals surface area contributed by atoms with Gasteiger partial charge in [-0.1, -0.05) is 39.1 Å². The van der Waals surface area contributed by atoms with Crippen LogP contribution in [0.5, 0.6) is 11.5 Å². The molecule has 4 amide bonds. The second-order valence-corrected chi connectivity index (χ2v) is 10.2. The van der Waals surface area contributed by atoms with Crippen molar-refractivity contribution >= 4 is 45.2 Å². The molecule has 0 bridgehead atoms. The largest absolute Gasteiger partial charge is 0.490 e. The van der Waals surface area contributed by atoms with Crippen LogP contribution in [0.1, 0.15) is 84.0 Å². The van der Waals surface area contributed by atoms with Crippen LogP contribution in [-0.2, 0) is 0 Å². The lowest BCUT2D eigenvalue weighted by Crippen LogP contribution is -2.51. The number of carbonyl (C=O) groups excluding carboxylic acids is 4. The molecule has 0 spiro atoms. The van der Waals surface area contributed by atoms with Crippen LogP contribution in [-0.4, -0.2) is 52.3 Å². The van der Waals surface area contributed by atoms with Crippen LogP contribution in [0.25, 0.3) is 21.5 Å². The fourth-order valence-electron chi connectivity index (χ4n) is 5.35. The third-order valence-electron chi connectivity index (χ3n) is 6.91. The highest BCUT2D eigenvalue weighted by Gasteiger charge is 2.40. The minimum atomic E-state index is -0.579. The maximum absolute atomic E-state index is 13.6. The number of carbonyl (C=O) groups is 4. The molecular weight excluding hydrogens is 520 g/mol. The van der Waals surface area contributed by atoms with Gasteiger partial charge in [-0.15, -0.1) is 0 Å². The zero-order valence-corrected chi connectivity index (χ0v) is 22.0. The highest BCUT2D eigenvalue weighted by Crippen LogP contribution is 2.38. The number of hydrogen-bond donors (Lipinski definition) is 0. The lowest BCUT2D eigenvalue weighted by molar-refractivity contribution is 0.0420. The summed E-state index contributed by atoms with van der Waals surface area (Å²) in [7, 11) is 0. The number of rotatable bonds is 6. The van der Waals surface area contributed by atoms with Gasteiger partial charge in [0.1, 0.15) is 18.2 Å². The van der Waals surface area contributed by atoms with Gasteiger partial charge in [0, 0.05) is 43.8 Å². The summed E-state index contributed by atoms with van der Waals surface area (Å²) >= 11 is 0. The van der Waals surface area contributed by atoms with Gasteiger partial charge in [-0.25, -0.2) is 0 Å². The Morgan fingerprint density at radius 2 is 0.878 bits per heavy atom. The van der Waals surface area contributed by atoms with Gasteiger partial charge < -0.3 is 9.47 Å². The van der Waals surface area contributed by atoms with E-state index in [1.807, 2.05) is 39.8 Å². The summed E-state index contributed by atoms with van der Waals surface area (Å²) in [5.41, 5.74) is 1.25. The molecule has 0 saturated carbocycles. The SMILES string of the molecule is C.C.CC(C)Oc1ccc2c3c(cccc13)C(=O)N(CN1C(=O)c3cccc4c(OC(C)C)ccc(c34)C1=O)C2=O. The van der Waals surface area contributed by atoms with Crippen LogP contribution >= 0.6 is 0 Å². The summed E-state index contributed by atoms with van der Waals surface area (Å²) < 4.78 is 11.8. The fraction of sp³-hybridized carbons (Fsp3) is 0.273. The van der Waals surface area contributed by atoms with Gasteiger partial charge in [-0.2, -0.15) is 0 Å². The van der Waals surface area contributed by atoms with E-state index in [4.69, 9.17) is 9.47 Å². The monoisotopic (exact) mass is 554 g/mol. The van der Waals surface area contributed by atoms with Gasteiger partial charge in [0.15, 0.2) is 0 Å². The molecule has 2 aliphatic heterocycles. The van der Waals surface area contributed by atoms with Gasteiger partial charge in [-0.05, 0) is 64.1 Å². The van der Waals surface area contributed by atoms with E-state index in [-0.39, 0.29) is 27.1 Å². The number of ether oxygens (including phenoxy) is 2. The molecule has 8 heteroatoms. The average molecular weight is 555 g/mol. The standard InChI is InChI=1S/C31H26N2O6.2CH4/c1-16(2)38-24-13-11-22-26-18(24)7-5-9-20(26)28(34)32(30(22)36)15-33-29(35)21-10-6-8-19-25(39-17(3)4)14-12-23(27(19)21)31(33)37;;/h5-14,16-17H,15H2,1-4H3;2*1H4. The predicted molar refractivity (Wildman–Crippen MR) is 159 cm³/mol. The maximum Gasteiger partial charge on any atom is 0.262 e. The van der Waals surface area contributed by atoms with E-state index < -0.39 is 30.3 Å². The average Bonchev–Trinajstić information content (AvgIpc) is 2.90. The summed E-state index contributed by atoms with van der Waals surface area (Å²) in [5.74, 6) is -1.16. The molecule has 0 radical (unpaired) electrons. The molecule has 0 atom stereocenters. The van der Waals surface area contributed by atoms with E-state index in [1.165, 1.54) is 0 Å². The molecule has 41 heavy (non-hydrogen) atoms. The molecular formula is C33H34N2O6. The first-order valence-corrected chi connectivity index (χ1v) is 12.8. The normalized spacial score (nSPS) is 14.1. The molecule has 212 valence electrons. The summed E-state index contributed by atoms with van der Waals surface area (Å²) in [6.45, 7) is 7.09. The number of hydrogen-bond acceptors (Lipinski definition) is 6. The van der Waals surface area contributed by atoms with Crippen molar-refractivity contribution in [1.82, 2.24) is 9.80 Å². The van der Waals surface area contributed by atoms with Crippen LogP contribution in [0.4, 0.5) is 0 Å². The topological polar surface area (TPSA) is 93.2 Å². The van der Waals surface area contributed by atoms with Crippen molar-refractivity contribution < 1.29 is 28.7 Å². The van der Waals surface area contributed by atoms with Crippen LogP contribution in [0.2, 0.25) is 0 Å². The van der Waals surface area contributed by atoms with Crippen LogP contribution < -0.4 is 9.47 Å². The summed E-state index contributed by atoms with van der Waals surface area (Å²) in [5, 5.41) is 2.33. The van der Waals surface area contributed by atoms with Crippen LogP contribution in [0.3, 0.4) is 0 Å². The summed E-state index contributed by atoms with van der Waals surface area (Å²) in [6.07, 6.45) is -0.185. The summed E-state index contributed by atoms with van der Waals surface area (Å²) in [6, 6.07) is 17.0. The Hall–Kier alpha value is -4.72. The molecule has 0 aliphatic carbocycles. The van der Waals surface area contributed by atoms with Gasteiger partial charge in [0.05, 0.1) is 12.2 Å². The van der Waals surface area contributed by atoms with E-state index in [0.717, 1.165) is 9.80 Å². The minimum Gasteiger partial charge on any atom is -0.490 e. The van der Waals surface area contributed by atoms with Crippen molar-refractivity contribution in [3.63, 3.8) is 0 Å². The molecule has 0 N–H and O–H groups in total. The predicted octanol–water partition coefficient (Wildman–Crippen LogP) is 6.69. The van der Waals surface area contributed by atoms with Crippen LogP contribution in [0.15, 0.2) is 60.7 Å². The molecule has 4 aromatic rings. The molecule has 8 nitrogen and oxygen atoms in total. The molecule has 0 saturated heterocycles. The zero-order valence-electron chi connectivity index (χ0n) is 22.0. The minimum absolute atomic E-state index is 0. The molecule has 0 fully saturated rings. The molecule has 6 rings (SSSR count). The van der Waals surface area contributed by atoms with Crippen molar-refractivity contribution in [3.05, 3.63) is 82.9 Å². The molecule has 4 aromatic carbocycles. The van der Waals surface area contributed by atoms with Crippen molar-refractivity contribution in [2.75, 3.05) is 6.67 Å². The third kappa shape index (κ3) is 4.49. The Kier molecular flexibility index (Phi) is 7.63. The molecule has 0 aromatic heterocycles. The number of imide groups is 2. The molecule has 2 aliphatic rings. The number of benzene rings is 4.